The SMILES string of the molecule is CCOC(c1noc([C@@H]2C[C@@H](O)CN2)n1)C(C)C. The van der Waals surface area contributed by atoms with Gasteiger partial charge in [-0.05, 0) is 19.3 Å². The summed E-state index contributed by atoms with van der Waals surface area (Å²) in [4.78, 5) is 4.39. The third-order valence-electron chi connectivity index (χ3n) is 3.07. The summed E-state index contributed by atoms with van der Waals surface area (Å²) in [6.45, 7) is 7.27. The van der Waals surface area contributed by atoms with Gasteiger partial charge in [0.05, 0.1) is 12.1 Å². The van der Waals surface area contributed by atoms with Gasteiger partial charge >= 0.3 is 0 Å². The summed E-state index contributed by atoms with van der Waals surface area (Å²) in [5, 5.41) is 16.6. The van der Waals surface area contributed by atoms with E-state index in [0.29, 0.717) is 31.3 Å². The second kappa shape index (κ2) is 5.77. The molecule has 6 heteroatoms. The van der Waals surface area contributed by atoms with Gasteiger partial charge in [0.2, 0.25) is 11.7 Å². The fraction of sp³-hybridized carbons (Fsp3) is 0.833. The van der Waals surface area contributed by atoms with Crippen molar-refractivity contribution in [1.82, 2.24) is 15.5 Å². The maximum atomic E-state index is 9.47. The number of ether oxygens (including phenoxy) is 1. The van der Waals surface area contributed by atoms with Gasteiger partial charge in [-0.2, -0.15) is 4.98 Å². The minimum absolute atomic E-state index is 0.0457. The molecule has 1 aliphatic rings. The lowest BCUT2D eigenvalue weighted by Crippen LogP contribution is -2.16. The Balaban J connectivity index is 2.08. The molecule has 0 bridgehead atoms. The van der Waals surface area contributed by atoms with Gasteiger partial charge in [0, 0.05) is 13.2 Å². The highest BCUT2D eigenvalue weighted by molar-refractivity contribution is 5.00. The molecule has 2 rings (SSSR count). The van der Waals surface area contributed by atoms with Crippen LogP contribution in [0.3, 0.4) is 0 Å². The average Bonchev–Trinajstić information content (AvgIpc) is 2.93. The van der Waals surface area contributed by atoms with Gasteiger partial charge < -0.3 is 19.7 Å². The van der Waals surface area contributed by atoms with Gasteiger partial charge in [-0.1, -0.05) is 19.0 Å². The molecule has 1 aromatic heterocycles. The normalized spacial score (nSPS) is 25.8. The number of aliphatic hydroxyl groups is 1. The summed E-state index contributed by atoms with van der Waals surface area (Å²) < 4.78 is 10.9. The van der Waals surface area contributed by atoms with Crippen molar-refractivity contribution >= 4 is 0 Å². The first-order valence-electron chi connectivity index (χ1n) is 6.48. The number of hydrogen-bond donors (Lipinski definition) is 2. The quantitative estimate of drug-likeness (QED) is 0.823. The number of rotatable bonds is 5. The van der Waals surface area contributed by atoms with Crippen LogP contribution in [0.5, 0.6) is 0 Å². The predicted octanol–water partition coefficient (Wildman–Crippen LogP) is 1.20. The molecular weight excluding hydrogens is 234 g/mol. The van der Waals surface area contributed by atoms with Crippen molar-refractivity contribution in [3.63, 3.8) is 0 Å². The van der Waals surface area contributed by atoms with Crippen LogP contribution >= 0.6 is 0 Å². The lowest BCUT2D eigenvalue weighted by Gasteiger charge is -2.16. The predicted molar refractivity (Wildman–Crippen MR) is 64.9 cm³/mol. The first kappa shape index (κ1) is 13.5. The molecule has 0 saturated carbocycles. The van der Waals surface area contributed by atoms with Crippen molar-refractivity contribution in [2.45, 2.75) is 45.4 Å². The lowest BCUT2D eigenvalue weighted by atomic mass is 10.1. The minimum atomic E-state index is -0.335. The molecule has 0 spiro atoms. The van der Waals surface area contributed by atoms with Crippen LogP contribution in [0.4, 0.5) is 0 Å². The van der Waals surface area contributed by atoms with Gasteiger partial charge in [-0.3, -0.25) is 0 Å². The van der Waals surface area contributed by atoms with Gasteiger partial charge in [-0.15, -0.1) is 0 Å². The van der Waals surface area contributed by atoms with Crippen LogP contribution in [-0.2, 0) is 4.74 Å². The highest BCUT2D eigenvalue weighted by Gasteiger charge is 2.30. The van der Waals surface area contributed by atoms with E-state index in [4.69, 9.17) is 9.26 Å². The topological polar surface area (TPSA) is 80.4 Å². The van der Waals surface area contributed by atoms with E-state index in [0.717, 1.165) is 0 Å². The molecule has 3 atom stereocenters. The Morgan fingerprint density at radius 2 is 2.33 bits per heavy atom. The minimum Gasteiger partial charge on any atom is -0.392 e. The van der Waals surface area contributed by atoms with Crippen molar-refractivity contribution in [2.24, 2.45) is 5.92 Å². The molecule has 0 aliphatic carbocycles. The lowest BCUT2D eigenvalue weighted by molar-refractivity contribution is 0.0217. The number of nitrogens with one attached hydrogen (secondary N) is 1. The zero-order valence-corrected chi connectivity index (χ0v) is 11.1. The molecule has 1 unspecified atom stereocenters. The van der Waals surface area contributed by atoms with E-state index in [2.05, 4.69) is 29.3 Å². The molecule has 2 heterocycles. The average molecular weight is 255 g/mol. The first-order valence-corrected chi connectivity index (χ1v) is 6.48. The number of β-amino-alcohol motifs (C(OH)–C–C–N with tert-alkyl or cyclic N) is 1. The third kappa shape index (κ3) is 2.88. The summed E-state index contributed by atoms with van der Waals surface area (Å²) in [6, 6.07) is -0.0457. The Kier molecular flexibility index (Phi) is 4.31. The van der Waals surface area contributed by atoms with Crippen LogP contribution in [0.15, 0.2) is 4.52 Å². The molecule has 1 aromatic rings. The fourth-order valence-electron chi connectivity index (χ4n) is 2.15. The number of aliphatic hydroxyl groups excluding tert-OH is 1. The molecule has 0 aromatic carbocycles. The molecule has 0 amide bonds. The second-order valence-electron chi connectivity index (χ2n) is 4.96. The summed E-state index contributed by atoms with van der Waals surface area (Å²) in [7, 11) is 0. The van der Waals surface area contributed by atoms with Crippen LogP contribution in [0.2, 0.25) is 0 Å². The maximum absolute atomic E-state index is 9.47. The summed E-state index contributed by atoms with van der Waals surface area (Å²) in [5.41, 5.74) is 0. The summed E-state index contributed by atoms with van der Waals surface area (Å²) in [5.74, 6) is 1.41. The Morgan fingerprint density at radius 3 is 2.89 bits per heavy atom. The molecular formula is C12H21N3O3. The third-order valence-corrected chi connectivity index (χ3v) is 3.07. The van der Waals surface area contributed by atoms with Crippen LogP contribution in [0, 0.1) is 5.92 Å². The van der Waals surface area contributed by atoms with E-state index in [-0.39, 0.29) is 24.2 Å². The molecule has 102 valence electrons. The van der Waals surface area contributed by atoms with Crippen molar-refractivity contribution < 1.29 is 14.4 Å². The fourth-order valence-corrected chi connectivity index (χ4v) is 2.15. The van der Waals surface area contributed by atoms with Crippen molar-refractivity contribution in [3.8, 4) is 0 Å². The summed E-state index contributed by atoms with van der Waals surface area (Å²) >= 11 is 0. The second-order valence-corrected chi connectivity index (χ2v) is 4.96. The van der Waals surface area contributed by atoms with Gasteiger partial charge in [-0.25, -0.2) is 0 Å². The Bertz CT molecular complexity index is 380. The van der Waals surface area contributed by atoms with Crippen LogP contribution in [0.25, 0.3) is 0 Å². The number of hydrogen-bond acceptors (Lipinski definition) is 6. The van der Waals surface area contributed by atoms with Crippen molar-refractivity contribution in [2.75, 3.05) is 13.2 Å². The van der Waals surface area contributed by atoms with Crippen molar-refractivity contribution in [3.05, 3.63) is 11.7 Å². The van der Waals surface area contributed by atoms with E-state index < -0.39 is 0 Å². The molecule has 1 saturated heterocycles. The highest BCUT2D eigenvalue weighted by Crippen LogP contribution is 2.27. The summed E-state index contributed by atoms with van der Waals surface area (Å²) in [6.07, 6.45) is 0.139. The van der Waals surface area contributed by atoms with Crippen LogP contribution in [0.1, 0.15) is 51.1 Å². The van der Waals surface area contributed by atoms with Gasteiger partial charge in [0.1, 0.15) is 6.10 Å². The van der Waals surface area contributed by atoms with E-state index >= 15 is 0 Å². The standard InChI is InChI=1S/C12H21N3O3/c1-4-17-10(7(2)3)11-14-12(18-15-11)9-5-8(16)6-13-9/h7-10,13,16H,4-6H2,1-3H3/t8-,9+,10?/m1/s1. The Labute approximate surface area is 107 Å². The monoisotopic (exact) mass is 255 g/mol. The molecule has 0 radical (unpaired) electrons. The van der Waals surface area contributed by atoms with Crippen molar-refractivity contribution in [1.29, 1.82) is 0 Å². The number of nitrogens with zero attached hydrogens (tertiary/aromatic N) is 2. The molecule has 1 aliphatic heterocycles. The zero-order chi connectivity index (χ0) is 13.1. The van der Waals surface area contributed by atoms with E-state index in [1.807, 2.05) is 6.92 Å². The highest BCUT2D eigenvalue weighted by atomic mass is 16.5. The van der Waals surface area contributed by atoms with E-state index in [1.165, 1.54) is 0 Å². The zero-order valence-electron chi connectivity index (χ0n) is 11.1. The van der Waals surface area contributed by atoms with Crippen LogP contribution < -0.4 is 5.32 Å². The molecule has 18 heavy (non-hydrogen) atoms. The largest absolute Gasteiger partial charge is 0.392 e. The number of aromatic nitrogens is 2. The van der Waals surface area contributed by atoms with Gasteiger partial charge in [0.15, 0.2) is 0 Å². The molecule has 1 fully saturated rings. The van der Waals surface area contributed by atoms with E-state index in [1.54, 1.807) is 0 Å². The maximum Gasteiger partial charge on any atom is 0.243 e. The Hall–Kier alpha value is -0.980. The first-order chi connectivity index (χ1) is 8.61. The Morgan fingerprint density at radius 1 is 1.56 bits per heavy atom. The molecule has 6 nitrogen and oxygen atoms in total. The van der Waals surface area contributed by atoms with Gasteiger partial charge in [0.25, 0.3) is 0 Å². The smallest absolute Gasteiger partial charge is 0.243 e. The van der Waals surface area contributed by atoms with Crippen LogP contribution in [-0.4, -0.2) is 34.5 Å². The van der Waals surface area contributed by atoms with E-state index in [9.17, 15) is 5.11 Å². The molecule has 2 N–H and O–H groups in total.